The molecule has 1 heterocycles. The number of phenolic OH excluding ortho intramolecular Hbond substituents is 1. The van der Waals surface area contributed by atoms with Gasteiger partial charge in [-0.3, -0.25) is 0 Å². The van der Waals surface area contributed by atoms with Crippen molar-refractivity contribution in [3.8, 4) is 23.0 Å². The molecule has 0 bridgehead atoms. The number of rotatable bonds is 2. The summed E-state index contributed by atoms with van der Waals surface area (Å²) in [6, 6.07) is 3.28. The van der Waals surface area contributed by atoms with Gasteiger partial charge in [0.05, 0.1) is 6.61 Å². The van der Waals surface area contributed by atoms with Crippen LogP contribution in [0.1, 0.15) is 6.92 Å². The van der Waals surface area contributed by atoms with Gasteiger partial charge in [-0.15, -0.1) is 0 Å². The first kappa shape index (κ1) is 6.34. The number of phenols is 1. The lowest BCUT2D eigenvalue weighted by Crippen LogP contribution is -1.89. The molecular formula is C8H8O3. The molecule has 1 N–H and O–H groups in total. The predicted octanol–water partition coefficient (Wildman–Crippen LogP) is 1.90. The summed E-state index contributed by atoms with van der Waals surface area (Å²) in [6.07, 6.45) is 0. The van der Waals surface area contributed by atoms with E-state index in [2.05, 4.69) is 0 Å². The first-order valence-corrected chi connectivity index (χ1v) is 3.49. The maximum atomic E-state index is 9.25. The summed E-state index contributed by atoms with van der Waals surface area (Å²) in [5.74, 6) is 2.08. The van der Waals surface area contributed by atoms with Gasteiger partial charge < -0.3 is 14.6 Å². The Hall–Kier alpha value is -1.38. The van der Waals surface area contributed by atoms with Crippen molar-refractivity contribution in [1.29, 1.82) is 0 Å². The number of ether oxygens (including phenoxy) is 2. The summed E-state index contributed by atoms with van der Waals surface area (Å²) in [5.41, 5.74) is 0. The molecule has 0 aliphatic carbocycles. The fourth-order valence-corrected chi connectivity index (χ4v) is 0.983. The topological polar surface area (TPSA) is 42.0 Å². The third-order valence-electron chi connectivity index (χ3n) is 1.51. The van der Waals surface area contributed by atoms with Gasteiger partial charge in [0.15, 0.2) is 11.5 Å². The first-order valence-electron chi connectivity index (χ1n) is 3.49. The van der Waals surface area contributed by atoms with Crippen LogP contribution in [0, 0.1) is 0 Å². The van der Waals surface area contributed by atoms with Crippen molar-refractivity contribution in [3.63, 3.8) is 0 Å². The first-order chi connectivity index (χ1) is 5.33. The molecule has 0 saturated heterocycles. The smallest absolute Gasteiger partial charge is 0.215 e. The zero-order valence-corrected chi connectivity index (χ0v) is 6.13. The highest BCUT2D eigenvalue weighted by atomic mass is 16.6. The van der Waals surface area contributed by atoms with Gasteiger partial charge in [0, 0.05) is 0 Å². The summed E-state index contributed by atoms with van der Waals surface area (Å²) in [4.78, 5) is 0. The Bertz CT molecular complexity index is 290. The van der Waals surface area contributed by atoms with Gasteiger partial charge in [0.25, 0.3) is 0 Å². The average molecular weight is 152 g/mol. The van der Waals surface area contributed by atoms with Gasteiger partial charge in [0.2, 0.25) is 11.5 Å². The Kier molecular flexibility index (Phi) is 1.18. The Morgan fingerprint density at radius 3 is 3.09 bits per heavy atom. The van der Waals surface area contributed by atoms with E-state index in [1.165, 1.54) is 0 Å². The van der Waals surface area contributed by atoms with Gasteiger partial charge in [-0.1, -0.05) is 0 Å². The molecule has 0 atom stereocenters. The summed E-state index contributed by atoms with van der Waals surface area (Å²) < 4.78 is 10.2. The molecule has 3 nitrogen and oxygen atoms in total. The van der Waals surface area contributed by atoms with Crippen LogP contribution in [-0.2, 0) is 0 Å². The molecule has 0 fully saturated rings. The number of fused-ring (bicyclic) bond motifs is 1. The summed E-state index contributed by atoms with van der Waals surface area (Å²) in [6.45, 7) is 2.40. The standard InChI is InChI=1S/C8H8O3/c1-2-10-7-5(9)3-4-6-8(7)11-6/h3-4,9H,2H2,1H3. The number of hydrogen-bond acceptors (Lipinski definition) is 3. The van der Waals surface area contributed by atoms with E-state index in [4.69, 9.17) is 9.47 Å². The summed E-state index contributed by atoms with van der Waals surface area (Å²) >= 11 is 0. The van der Waals surface area contributed by atoms with Gasteiger partial charge >= 0.3 is 0 Å². The lowest BCUT2D eigenvalue weighted by molar-refractivity contribution is 0.315. The fourth-order valence-electron chi connectivity index (χ4n) is 0.983. The van der Waals surface area contributed by atoms with Crippen molar-refractivity contribution < 1.29 is 14.6 Å². The van der Waals surface area contributed by atoms with E-state index in [1.807, 2.05) is 6.92 Å². The van der Waals surface area contributed by atoms with Crippen LogP contribution in [0.2, 0.25) is 0 Å². The van der Waals surface area contributed by atoms with E-state index >= 15 is 0 Å². The molecule has 3 heteroatoms. The molecule has 0 saturated carbocycles. The number of benzene rings is 1. The number of aromatic hydroxyl groups is 1. The maximum absolute atomic E-state index is 9.25. The third kappa shape index (κ3) is 0.888. The van der Waals surface area contributed by atoms with Crippen molar-refractivity contribution in [2.75, 3.05) is 6.61 Å². The second-order valence-electron chi connectivity index (χ2n) is 2.28. The van der Waals surface area contributed by atoms with Crippen LogP contribution in [0.5, 0.6) is 23.0 Å². The fraction of sp³-hybridized carbons (Fsp3) is 0.250. The summed E-state index contributed by atoms with van der Waals surface area (Å²) in [5, 5.41) is 9.25. The second-order valence-corrected chi connectivity index (χ2v) is 2.28. The van der Waals surface area contributed by atoms with E-state index in [0.29, 0.717) is 18.1 Å². The molecule has 1 aliphatic heterocycles. The molecule has 0 radical (unpaired) electrons. The molecule has 0 amide bonds. The minimum atomic E-state index is 0.142. The predicted molar refractivity (Wildman–Crippen MR) is 39.3 cm³/mol. The minimum Gasteiger partial charge on any atom is -0.504 e. The van der Waals surface area contributed by atoms with Gasteiger partial charge in [-0.05, 0) is 19.1 Å². The van der Waals surface area contributed by atoms with Gasteiger partial charge in [0.1, 0.15) is 0 Å². The molecule has 1 aromatic rings. The molecule has 1 aromatic carbocycles. The highest BCUT2D eigenvalue weighted by Crippen LogP contribution is 2.56. The van der Waals surface area contributed by atoms with E-state index < -0.39 is 0 Å². The molecule has 0 unspecified atom stereocenters. The lowest BCUT2D eigenvalue weighted by Gasteiger charge is -2.00. The summed E-state index contributed by atoms with van der Waals surface area (Å²) in [7, 11) is 0. The van der Waals surface area contributed by atoms with Crippen molar-refractivity contribution in [1.82, 2.24) is 0 Å². The Morgan fingerprint density at radius 2 is 2.36 bits per heavy atom. The van der Waals surface area contributed by atoms with Gasteiger partial charge in [-0.2, -0.15) is 0 Å². The zero-order chi connectivity index (χ0) is 7.84. The highest BCUT2D eigenvalue weighted by Gasteiger charge is 2.28. The molecule has 0 spiro atoms. The van der Waals surface area contributed by atoms with E-state index in [0.717, 1.165) is 5.75 Å². The molecular weight excluding hydrogens is 144 g/mol. The van der Waals surface area contributed by atoms with Crippen LogP contribution in [0.15, 0.2) is 12.1 Å². The zero-order valence-electron chi connectivity index (χ0n) is 6.13. The van der Waals surface area contributed by atoms with Crippen LogP contribution < -0.4 is 9.47 Å². The SMILES string of the molecule is CCOc1c(O)ccc2c1O2. The normalized spacial score (nSPS) is 11.7. The van der Waals surface area contributed by atoms with Crippen LogP contribution >= 0.6 is 0 Å². The van der Waals surface area contributed by atoms with E-state index in [-0.39, 0.29) is 5.75 Å². The Labute approximate surface area is 64.2 Å². The molecule has 11 heavy (non-hydrogen) atoms. The lowest BCUT2D eigenvalue weighted by atomic mass is 10.3. The second kappa shape index (κ2) is 2.05. The van der Waals surface area contributed by atoms with E-state index in [9.17, 15) is 5.11 Å². The minimum absolute atomic E-state index is 0.142. The molecule has 58 valence electrons. The van der Waals surface area contributed by atoms with Crippen molar-refractivity contribution in [2.24, 2.45) is 0 Å². The Morgan fingerprint density at radius 1 is 1.55 bits per heavy atom. The van der Waals surface area contributed by atoms with Crippen molar-refractivity contribution in [3.05, 3.63) is 12.1 Å². The largest absolute Gasteiger partial charge is 0.504 e. The number of hydrogen-bond donors (Lipinski definition) is 1. The molecule has 0 aromatic heterocycles. The van der Waals surface area contributed by atoms with Crippen LogP contribution in [0.25, 0.3) is 0 Å². The van der Waals surface area contributed by atoms with Crippen molar-refractivity contribution >= 4 is 0 Å². The van der Waals surface area contributed by atoms with E-state index in [1.54, 1.807) is 12.1 Å². The molecule has 1 aliphatic rings. The third-order valence-corrected chi connectivity index (χ3v) is 1.51. The quantitative estimate of drug-likeness (QED) is 0.668. The van der Waals surface area contributed by atoms with Crippen LogP contribution in [0.3, 0.4) is 0 Å². The highest BCUT2D eigenvalue weighted by molar-refractivity contribution is 5.67. The van der Waals surface area contributed by atoms with Gasteiger partial charge in [-0.25, -0.2) is 0 Å². The Balaban J connectivity index is 2.39. The average Bonchev–Trinajstić information content (AvgIpc) is 2.74. The van der Waals surface area contributed by atoms with Crippen molar-refractivity contribution in [2.45, 2.75) is 6.92 Å². The van der Waals surface area contributed by atoms with Crippen LogP contribution in [-0.4, -0.2) is 11.7 Å². The maximum Gasteiger partial charge on any atom is 0.215 e. The molecule has 2 rings (SSSR count). The van der Waals surface area contributed by atoms with Crippen LogP contribution in [0.4, 0.5) is 0 Å². The monoisotopic (exact) mass is 152 g/mol.